The Bertz CT molecular complexity index is 504. The van der Waals surface area contributed by atoms with Crippen LogP contribution < -0.4 is 10.6 Å². The Hall–Kier alpha value is -0.180. The average molecular weight is 409 g/mol. The maximum absolute atomic E-state index is 12.9. The van der Waals surface area contributed by atoms with E-state index in [-0.39, 0.29) is 35.4 Å². The van der Waals surface area contributed by atoms with E-state index < -0.39 is 16.5 Å². The molecule has 0 aliphatic rings. The summed E-state index contributed by atoms with van der Waals surface area (Å²) >= 11 is 12.8. The molecule has 0 aromatic heterocycles. The van der Waals surface area contributed by atoms with Crippen LogP contribution in [-0.4, -0.2) is 52.4 Å². The second-order valence-corrected chi connectivity index (χ2v) is 8.01. The van der Waals surface area contributed by atoms with Crippen LogP contribution in [0.4, 0.5) is 0 Å². The van der Waals surface area contributed by atoms with Crippen molar-refractivity contribution >= 4 is 55.4 Å². The molecule has 0 spiro atoms. The van der Waals surface area contributed by atoms with Gasteiger partial charge in [0.15, 0.2) is 11.6 Å². The van der Waals surface area contributed by atoms with Gasteiger partial charge in [-0.25, -0.2) is 0 Å². The molecule has 8 heteroatoms. The van der Waals surface area contributed by atoms with E-state index >= 15 is 0 Å². The van der Waals surface area contributed by atoms with Crippen LogP contribution >= 0.6 is 37.9 Å². The molecular weight excluding hydrogens is 376 g/mol. The summed E-state index contributed by atoms with van der Waals surface area (Å²) in [7, 11) is 0. The van der Waals surface area contributed by atoms with Crippen LogP contribution in [0.5, 0.6) is 0 Å². The minimum absolute atomic E-state index is 0.00929. The van der Waals surface area contributed by atoms with Gasteiger partial charge in [0.1, 0.15) is 5.54 Å². The molecule has 0 aliphatic heterocycles. The van der Waals surface area contributed by atoms with E-state index in [9.17, 15) is 14.4 Å². The van der Waals surface area contributed by atoms with Crippen molar-refractivity contribution in [3.8, 4) is 0 Å². The zero-order valence-electron chi connectivity index (χ0n) is 15.8. The van der Waals surface area contributed by atoms with Gasteiger partial charge in [-0.1, -0.05) is 13.8 Å². The van der Waals surface area contributed by atoms with Crippen LogP contribution in [0.3, 0.4) is 0 Å². The topological polar surface area (TPSA) is 75.3 Å². The number of ketones is 2. The van der Waals surface area contributed by atoms with Gasteiger partial charge in [0.05, 0.1) is 11.0 Å². The normalized spacial score (nSPS) is 18.6. The molecule has 0 aromatic carbocycles. The fraction of sp³-hybridized carbons (Fsp3) is 0.824. The van der Waals surface area contributed by atoms with Crippen molar-refractivity contribution in [1.82, 2.24) is 10.6 Å². The van der Waals surface area contributed by atoms with Crippen LogP contribution in [0, 0.1) is 5.41 Å². The number of likely N-dealkylation sites (N-methyl/N-ethyl adjacent to an activating group) is 1. The smallest absolute Gasteiger partial charge is 0.228 e. The highest BCUT2D eigenvalue weighted by Gasteiger charge is 2.43. The minimum Gasteiger partial charge on any atom is -0.343 e. The summed E-state index contributed by atoms with van der Waals surface area (Å²) in [5, 5.41) is 5.92. The molecule has 0 unspecified atom stereocenters. The summed E-state index contributed by atoms with van der Waals surface area (Å²) in [6, 6.07) is 0. The van der Waals surface area contributed by atoms with Gasteiger partial charge in [-0.2, -0.15) is 37.9 Å². The molecule has 3 atom stereocenters. The predicted octanol–water partition coefficient (Wildman–Crippen LogP) is 1.96. The minimum atomic E-state index is -1.06. The number of hydrogen-bond donors (Lipinski definition) is 5. The molecule has 0 heterocycles. The van der Waals surface area contributed by atoms with Crippen molar-refractivity contribution in [3.63, 3.8) is 0 Å². The number of thiol groups is 3. The quantitative estimate of drug-likeness (QED) is 0.320. The van der Waals surface area contributed by atoms with Crippen molar-refractivity contribution < 1.29 is 14.4 Å². The standard InChI is InChI=1S/C17H32N2O3S3/c1-6-12(20)17(5,11-25)19-14(22)15(3,9-23)8-13(21)16(4,10-24)18-7-2/h18,23-25H,6-11H2,1-5H3,(H,19,22)/t15-,16-,17-/m1/s1. The highest BCUT2D eigenvalue weighted by atomic mass is 32.1. The molecule has 2 N–H and O–H groups in total. The van der Waals surface area contributed by atoms with E-state index in [4.69, 9.17) is 0 Å². The van der Waals surface area contributed by atoms with Gasteiger partial charge in [-0.05, 0) is 27.3 Å². The molecule has 0 saturated heterocycles. The maximum Gasteiger partial charge on any atom is 0.228 e. The van der Waals surface area contributed by atoms with Crippen LogP contribution in [0.15, 0.2) is 0 Å². The molecule has 1 amide bonds. The number of amides is 1. The summed E-state index contributed by atoms with van der Waals surface area (Å²) in [5.74, 6) is 0.122. The molecule has 146 valence electrons. The molecular formula is C17H32N2O3S3. The van der Waals surface area contributed by atoms with Crippen LogP contribution in [0.1, 0.15) is 47.5 Å². The third-order valence-electron chi connectivity index (χ3n) is 4.59. The van der Waals surface area contributed by atoms with Crippen LogP contribution in [0.2, 0.25) is 0 Å². The fourth-order valence-electron chi connectivity index (χ4n) is 2.38. The number of carbonyl (C=O) groups excluding carboxylic acids is 3. The molecule has 0 fully saturated rings. The van der Waals surface area contributed by atoms with Gasteiger partial charge < -0.3 is 10.6 Å². The van der Waals surface area contributed by atoms with Gasteiger partial charge >= 0.3 is 0 Å². The first-order valence-corrected chi connectivity index (χ1v) is 10.3. The van der Waals surface area contributed by atoms with Crippen molar-refractivity contribution in [2.24, 2.45) is 5.41 Å². The van der Waals surface area contributed by atoms with E-state index in [1.54, 1.807) is 27.7 Å². The summed E-state index contributed by atoms with van der Waals surface area (Å²) < 4.78 is 0. The van der Waals surface area contributed by atoms with Gasteiger partial charge in [0, 0.05) is 30.1 Å². The molecule has 0 radical (unpaired) electrons. The predicted molar refractivity (Wildman–Crippen MR) is 113 cm³/mol. The van der Waals surface area contributed by atoms with Gasteiger partial charge in [-0.3, -0.25) is 14.4 Å². The number of nitrogens with one attached hydrogen (secondary N) is 2. The first kappa shape index (κ1) is 24.8. The largest absolute Gasteiger partial charge is 0.343 e. The fourth-order valence-corrected chi connectivity index (χ4v) is 3.18. The van der Waals surface area contributed by atoms with Crippen molar-refractivity contribution in [2.45, 2.75) is 58.5 Å². The molecule has 0 aromatic rings. The van der Waals surface area contributed by atoms with Gasteiger partial charge in [0.2, 0.25) is 5.91 Å². The summed E-state index contributed by atoms with van der Waals surface area (Å²) in [4.78, 5) is 37.8. The first-order chi connectivity index (χ1) is 11.5. The molecule has 5 nitrogen and oxygen atoms in total. The third kappa shape index (κ3) is 6.19. The molecule has 0 saturated carbocycles. The Morgan fingerprint density at radius 1 is 0.840 bits per heavy atom. The number of carbonyl (C=O) groups is 3. The second-order valence-electron chi connectivity index (χ2n) is 7.06. The molecule has 0 bridgehead atoms. The first-order valence-electron chi connectivity index (χ1n) is 8.45. The van der Waals surface area contributed by atoms with E-state index in [1.807, 2.05) is 6.92 Å². The number of hydrogen-bond acceptors (Lipinski definition) is 7. The highest BCUT2D eigenvalue weighted by Crippen LogP contribution is 2.28. The Morgan fingerprint density at radius 3 is 1.72 bits per heavy atom. The summed E-state index contributed by atoms with van der Waals surface area (Å²) in [6.45, 7) is 9.39. The molecule has 25 heavy (non-hydrogen) atoms. The van der Waals surface area contributed by atoms with Crippen LogP contribution in [-0.2, 0) is 14.4 Å². The van der Waals surface area contributed by atoms with Crippen molar-refractivity contribution in [3.05, 3.63) is 0 Å². The molecule has 0 rings (SSSR count). The van der Waals surface area contributed by atoms with E-state index in [1.165, 1.54) is 0 Å². The SMILES string of the molecule is CCN[C@](C)(CS)C(=O)C[C@](C)(CS)C(=O)N[C@](C)(CS)C(=O)CC. The lowest BCUT2D eigenvalue weighted by Gasteiger charge is -2.36. The van der Waals surface area contributed by atoms with Gasteiger partial charge in [-0.15, -0.1) is 0 Å². The van der Waals surface area contributed by atoms with Crippen molar-refractivity contribution in [1.29, 1.82) is 0 Å². The Labute approximate surface area is 168 Å². The second kappa shape index (κ2) is 10.2. The lowest BCUT2D eigenvalue weighted by Crippen LogP contribution is -2.59. The van der Waals surface area contributed by atoms with E-state index in [0.717, 1.165) is 0 Å². The van der Waals surface area contributed by atoms with Crippen LogP contribution in [0.25, 0.3) is 0 Å². The Balaban J connectivity index is 5.42. The zero-order chi connectivity index (χ0) is 19.9. The summed E-state index contributed by atoms with van der Waals surface area (Å²) in [5.41, 5.74) is -2.90. The maximum atomic E-state index is 12.9. The Morgan fingerprint density at radius 2 is 1.36 bits per heavy atom. The number of Topliss-reactive ketones (excluding diaryl/α,β-unsaturated/α-hetero) is 2. The van der Waals surface area contributed by atoms with E-state index in [2.05, 4.69) is 48.5 Å². The van der Waals surface area contributed by atoms with Crippen molar-refractivity contribution in [2.75, 3.05) is 23.8 Å². The molecule has 0 aliphatic carbocycles. The number of rotatable bonds is 12. The summed E-state index contributed by atoms with van der Waals surface area (Å²) in [6.07, 6.45) is 0.307. The third-order valence-corrected chi connectivity index (χ3v) is 6.55. The highest BCUT2D eigenvalue weighted by molar-refractivity contribution is 7.80. The lowest BCUT2D eigenvalue weighted by molar-refractivity contribution is -0.139. The van der Waals surface area contributed by atoms with E-state index in [0.29, 0.717) is 18.7 Å². The van der Waals surface area contributed by atoms with Gasteiger partial charge in [0.25, 0.3) is 0 Å². The zero-order valence-corrected chi connectivity index (χ0v) is 18.5. The average Bonchev–Trinajstić information content (AvgIpc) is 2.60. The Kier molecular flexibility index (Phi) is 10.2. The lowest BCUT2D eigenvalue weighted by atomic mass is 9.80. The monoisotopic (exact) mass is 408 g/mol.